The summed E-state index contributed by atoms with van der Waals surface area (Å²) in [6.45, 7) is 0. The Labute approximate surface area is 716 Å². The van der Waals surface area contributed by atoms with Gasteiger partial charge in [0.2, 0.25) is 0 Å². The Morgan fingerprint density at radius 2 is 0.520 bits per heavy atom. The molecule has 8 aliphatic carbocycles. The molecule has 0 amide bonds. The number of aromatic nitrogens is 12. The van der Waals surface area contributed by atoms with Crippen molar-refractivity contribution < 1.29 is 0 Å². The minimum absolute atomic E-state index is 0. The molecule has 12 aromatic heterocycles. The maximum atomic E-state index is 4.78. The molecule has 12 aromatic carbocycles. The van der Waals surface area contributed by atoms with Crippen LogP contribution in [0.1, 0.15) is 96.4 Å². The number of hydrogen-bond donors (Lipinski definition) is 0. The Morgan fingerprint density at radius 1 is 0.192 bits per heavy atom. The number of hydrogen-bond acceptors (Lipinski definition) is 8. The van der Waals surface area contributed by atoms with E-state index in [1.165, 1.54) is 243 Å². The zero-order valence-electron chi connectivity index (χ0n) is 67.0. The molecule has 0 aliphatic heterocycles. The molecular weight excluding hydrogens is 1530 g/mol. The molecule has 0 unspecified atom stereocenters. The third-order valence-corrected chi connectivity index (χ3v) is 28.8. The highest BCUT2D eigenvalue weighted by Gasteiger charge is 2.35. The van der Waals surface area contributed by atoms with Gasteiger partial charge in [0.1, 0.15) is 22.6 Å². The summed E-state index contributed by atoms with van der Waals surface area (Å²) >= 11 is 0. The summed E-state index contributed by atoms with van der Waals surface area (Å²) in [5.41, 5.74) is 53.8. The quantitative estimate of drug-likeness (QED) is 0.138. The molecule has 32 rings (SSSR count). The van der Waals surface area contributed by atoms with E-state index in [4.69, 9.17) is 15.0 Å². The predicted octanol–water partition coefficient (Wildman–Crippen LogP) is 25.3. The lowest BCUT2D eigenvalue weighted by molar-refractivity contribution is 1.21. The first-order chi connectivity index (χ1) is 61.5. The Bertz CT molecular complexity index is 9040. The number of nitrogens with zero attached hydrogens (tertiary/aromatic N) is 12. The smallest absolute Gasteiger partial charge is 0.145 e. The number of rotatable bonds is 0. The first kappa shape index (κ1) is 68.8. The maximum absolute atomic E-state index is 4.78. The molecular formula is C113H72N12. The van der Waals surface area contributed by atoms with E-state index in [0.29, 0.717) is 0 Å². The fraction of sp³-hybridized carbons (Fsp3) is 0.0796. The molecule has 12 heterocycles. The van der Waals surface area contributed by atoms with Gasteiger partial charge in [-0.1, -0.05) is 159 Å². The van der Waals surface area contributed by atoms with Crippen molar-refractivity contribution in [2.75, 3.05) is 0 Å². The van der Waals surface area contributed by atoms with Crippen molar-refractivity contribution in [1.82, 2.24) is 57.5 Å². The van der Waals surface area contributed by atoms with E-state index < -0.39 is 0 Å². The number of benzene rings is 12. The van der Waals surface area contributed by atoms with Crippen molar-refractivity contribution in [3.8, 4) is 89.0 Å². The van der Waals surface area contributed by atoms with E-state index in [2.05, 4.69) is 261 Å². The molecule has 0 N–H and O–H groups in total. The molecule has 0 saturated carbocycles. The van der Waals surface area contributed by atoms with Gasteiger partial charge in [0.05, 0.1) is 46.9 Å². The second-order valence-corrected chi connectivity index (χ2v) is 34.8. The third-order valence-electron chi connectivity index (χ3n) is 28.8. The molecule has 12 heteroatoms. The highest BCUT2D eigenvalue weighted by atomic mass is 15.0. The summed E-state index contributed by atoms with van der Waals surface area (Å²) in [5, 5.41) is 14.9. The molecule has 8 aliphatic rings. The van der Waals surface area contributed by atoms with Gasteiger partial charge in [-0.2, -0.15) is 0 Å². The number of pyridine rings is 8. The van der Waals surface area contributed by atoms with Crippen LogP contribution in [0.2, 0.25) is 0 Å². The fourth-order valence-electron chi connectivity index (χ4n) is 23.5. The van der Waals surface area contributed by atoms with Gasteiger partial charge in [0, 0.05) is 117 Å². The lowest BCUT2D eigenvalue weighted by Gasteiger charge is -2.13. The first-order valence-corrected chi connectivity index (χ1v) is 43.0. The molecule has 125 heavy (non-hydrogen) atoms. The van der Waals surface area contributed by atoms with Crippen LogP contribution in [0.15, 0.2) is 318 Å². The van der Waals surface area contributed by atoms with Gasteiger partial charge in [-0.3, -0.25) is 37.5 Å². The van der Waals surface area contributed by atoms with Gasteiger partial charge < -0.3 is 0 Å². The van der Waals surface area contributed by atoms with Gasteiger partial charge in [-0.15, -0.1) is 0 Å². The van der Waals surface area contributed by atoms with E-state index in [1.54, 1.807) is 0 Å². The number of imidazole rings is 4. The van der Waals surface area contributed by atoms with E-state index in [-0.39, 0.29) is 7.43 Å². The third kappa shape index (κ3) is 9.59. The second-order valence-electron chi connectivity index (χ2n) is 34.8. The highest BCUT2D eigenvalue weighted by Crippen LogP contribution is 2.55. The topological polar surface area (TPSA) is 121 Å². The zero-order valence-corrected chi connectivity index (χ0v) is 67.0. The van der Waals surface area contributed by atoms with Crippen LogP contribution in [0.4, 0.5) is 0 Å². The summed E-state index contributed by atoms with van der Waals surface area (Å²) in [7, 11) is 0. The van der Waals surface area contributed by atoms with Crippen LogP contribution in [0.3, 0.4) is 0 Å². The normalized spacial score (nSPS) is 13.4. The lowest BCUT2D eigenvalue weighted by atomic mass is 9.92. The first-order valence-electron chi connectivity index (χ1n) is 43.0. The van der Waals surface area contributed by atoms with Crippen molar-refractivity contribution in [2.45, 2.75) is 58.8 Å². The summed E-state index contributed by atoms with van der Waals surface area (Å²) in [5.74, 6) is 0. The minimum Gasteiger partial charge on any atom is -0.298 e. The zero-order chi connectivity index (χ0) is 80.4. The van der Waals surface area contributed by atoms with Crippen molar-refractivity contribution in [3.05, 3.63) is 407 Å². The van der Waals surface area contributed by atoms with Crippen LogP contribution in [0.25, 0.3) is 198 Å². The van der Waals surface area contributed by atoms with Crippen molar-refractivity contribution >= 4 is 109 Å². The lowest BCUT2D eigenvalue weighted by Crippen LogP contribution is -1.94. The van der Waals surface area contributed by atoms with Gasteiger partial charge in [-0.05, 0) is 318 Å². The summed E-state index contributed by atoms with van der Waals surface area (Å²) < 4.78 is 8.69. The van der Waals surface area contributed by atoms with E-state index in [1.807, 2.05) is 99.1 Å². The maximum Gasteiger partial charge on any atom is 0.145 e. The van der Waals surface area contributed by atoms with Crippen LogP contribution >= 0.6 is 0 Å². The molecule has 12 nitrogen and oxygen atoms in total. The summed E-state index contributed by atoms with van der Waals surface area (Å²) in [4.78, 5) is 36.4. The molecule has 0 spiro atoms. The monoisotopic (exact) mass is 1600 g/mol. The van der Waals surface area contributed by atoms with E-state index in [9.17, 15) is 0 Å². The Balaban J connectivity index is 0.0000000848. The van der Waals surface area contributed by atoms with Crippen molar-refractivity contribution in [1.29, 1.82) is 0 Å². The molecule has 584 valence electrons. The van der Waals surface area contributed by atoms with Crippen molar-refractivity contribution in [2.24, 2.45) is 0 Å². The van der Waals surface area contributed by atoms with Crippen LogP contribution in [-0.2, 0) is 51.4 Å². The predicted molar refractivity (Wildman–Crippen MR) is 505 cm³/mol. The Kier molecular flexibility index (Phi) is 14.1. The van der Waals surface area contributed by atoms with Crippen molar-refractivity contribution in [3.63, 3.8) is 0 Å². The molecule has 0 atom stereocenters. The highest BCUT2D eigenvalue weighted by molar-refractivity contribution is 6.19. The van der Waals surface area contributed by atoms with E-state index in [0.717, 1.165) is 96.0 Å². The molecule has 24 aromatic rings. The second kappa shape index (κ2) is 25.6. The van der Waals surface area contributed by atoms with Crippen LogP contribution in [0, 0.1) is 0 Å². The van der Waals surface area contributed by atoms with Crippen LogP contribution in [-0.4, -0.2) is 57.5 Å². The average Bonchev–Trinajstić information content (AvgIpc) is 1.59. The molecule has 0 radical (unpaired) electrons. The minimum atomic E-state index is 0. The average molecular weight is 1600 g/mol. The standard InChI is InChI=1S/4C28H17N3.CH4/c1-2-4-20-16(3-1)9-17-12-23-18(11-22(17)20)10-19-13-26-25(14-24(19)23)21-5-6-29-15-27(21)31-8-7-30-28(26)31;1-2-4-19-16(3-1)11-17-12-18-13-25-20(24(18)14-23(17)19)5-6-22-21-7-8-29-15-26(21)31-10-9-30-28(31)27(22)25;1-2-4-19-16(3-1)11-17-5-6-20-22-14-23-21-7-8-29-15-26(21)31-10-9-30-28(31)25(23)13-18(22)12-24(20)27(17)19;1-2-4-19-16(3-1)13-17-5-6-18-14-23-22(26(18)25(17)19)8-7-21-20-9-10-29-15-24(20)31-12-11-30-28(31)27(21)23;/h1-8,11-15H,9-10H2;1-10,12,14-15H,11,13H2;1-10,13-15H,11-12H2;1-12,15H,13-14H2;1H4. The largest absolute Gasteiger partial charge is 0.298 e. The van der Waals surface area contributed by atoms with Gasteiger partial charge in [0.15, 0.2) is 0 Å². The molecule has 0 bridgehead atoms. The van der Waals surface area contributed by atoms with E-state index >= 15 is 0 Å². The van der Waals surface area contributed by atoms with Gasteiger partial charge in [-0.25, -0.2) is 19.9 Å². The van der Waals surface area contributed by atoms with Crippen LogP contribution < -0.4 is 0 Å². The number of fused-ring (bicyclic) bond motifs is 52. The SMILES string of the molecule is C.c1ccc2c(c1)Cc1cc3c(cc1-2)-c1ccc2c4ccncc4n4ccnc4c2c1C3.c1ccc2c(c1)Cc1cc3c(cc1-2)Cc1cc2c(cc1-3)c1ccncc1n1ccnc21.c1ccc2c(c1)Cc1ccc3c(c1-2)-c1ccc2c4ccncc4n4ccnc4c2c1C3.c1ccc2c(c1)Cc1ccc3c(c1-2)Cc1cc2c(cc1-3)c1ccncc1n1ccnc21. The van der Waals surface area contributed by atoms with Gasteiger partial charge in [0.25, 0.3) is 0 Å². The van der Waals surface area contributed by atoms with Crippen LogP contribution in [0.5, 0.6) is 0 Å². The molecule has 0 saturated heterocycles. The Morgan fingerprint density at radius 3 is 1.07 bits per heavy atom. The summed E-state index contributed by atoms with van der Waals surface area (Å²) in [6.07, 6.45) is 39.0. The summed E-state index contributed by atoms with van der Waals surface area (Å²) in [6, 6.07) is 81.8. The van der Waals surface area contributed by atoms with Gasteiger partial charge >= 0.3 is 0 Å². The Hall–Kier alpha value is -15.9. The molecule has 0 fully saturated rings. The fourth-order valence-corrected chi connectivity index (χ4v) is 23.5.